The van der Waals surface area contributed by atoms with Crippen LogP contribution >= 0.6 is 0 Å². The van der Waals surface area contributed by atoms with E-state index in [4.69, 9.17) is 37.9 Å². The maximum absolute atomic E-state index is 15.2. The molecule has 3 aliphatic carbocycles. The summed E-state index contributed by atoms with van der Waals surface area (Å²) in [6.45, 7) is 15.9. The molecule has 0 spiro atoms. The van der Waals surface area contributed by atoms with Gasteiger partial charge in [-0.05, 0) is 96.7 Å². The number of carbonyl (C=O) groups excluding carboxylic acids is 14. The van der Waals surface area contributed by atoms with Gasteiger partial charge in [-0.2, -0.15) is 0 Å². The van der Waals surface area contributed by atoms with Crippen LogP contribution in [0.3, 0.4) is 0 Å². The van der Waals surface area contributed by atoms with E-state index >= 15 is 14.4 Å². The number of nitrogens with zero attached hydrogens (tertiary/aromatic N) is 4. The van der Waals surface area contributed by atoms with E-state index in [1.165, 1.54) is 63.5 Å². The lowest BCUT2D eigenvalue weighted by molar-refractivity contribution is -0.161. The lowest BCUT2D eigenvalue weighted by Crippen LogP contribution is -2.61. The highest BCUT2D eigenvalue weighted by Gasteiger charge is 2.49. The fourth-order valence-corrected chi connectivity index (χ4v) is 15.2. The lowest BCUT2D eigenvalue weighted by atomic mass is 9.62. The molecular formula is C76H129N13O35. The predicted molar refractivity (Wildman–Crippen MR) is 429 cm³/mol. The molecule has 0 bridgehead atoms. The number of rotatable bonds is 43. The number of alkyl carbamates (subject to hydrolysis) is 8. The molecule has 3 saturated carbocycles. The summed E-state index contributed by atoms with van der Waals surface area (Å²) in [5.74, 6) is -3.39. The molecule has 3 fully saturated rings. The van der Waals surface area contributed by atoms with E-state index in [0.29, 0.717) is 62.7 Å². The van der Waals surface area contributed by atoms with Crippen molar-refractivity contribution in [3.63, 3.8) is 0 Å². The highest BCUT2D eigenvalue weighted by molar-refractivity contribution is 5.95. The number of amides is 11. The van der Waals surface area contributed by atoms with Gasteiger partial charge >= 0.3 is 95.7 Å². The number of esters is 4. The van der Waals surface area contributed by atoms with Crippen molar-refractivity contribution >= 4 is 84.6 Å². The highest BCUT2D eigenvalue weighted by atomic mass is 16.7. The van der Waals surface area contributed by atoms with Gasteiger partial charge in [-0.1, -0.05) is 62.3 Å². The Morgan fingerprint density at radius 2 is 0.653 bits per heavy atom. The van der Waals surface area contributed by atoms with Crippen molar-refractivity contribution in [3.05, 3.63) is 31.5 Å². The molecule has 0 aliphatic heterocycles. The highest BCUT2D eigenvalue weighted by Crippen LogP contribution is 2.53. The molecule has 1 heterocycles. The first-order chi connectivity index (χ1) is 58.3. The Hall–Kier alpha value is -10.8. The van der Waals surface area contributed by atoms with Gasteiger partial charge in [0.1, 0.15) is 19.9 Å². The summed E-state index contributed by atoms with van der Waals surface area (Å²) in [6, 6.07) is -2.70. The van der Waals surface area contributed by atoms with Crippen LogP contribution in [0.1, 0.15) is 177 Å². The fraction of sp³-hybridized carbons (Fsp3) is 0.776. The maximum atomic E-state index is 15.2. The van der Waals surface area contributed by atoms with Gasteiger partial charge in [-0.25, -0.2) is 76.1 Å². The first kappa shape index (κ1) is 109. The minimum Gasteiger partial charge on any atom is -0.462 e. The summed E-state index contributed by atoms with van der Waals surface area (Å²) in [5.41, 5.74) is -4.63. The van der Waals surface area contributed by atoms with Crippen molar-refractivity contribution in [3.8, 4) is 0 Å². The van der Waals surface area contributed by atoms with Gasteiger partial charge < -0.3 is 133 Å². The molecule has 0 saturated heterocycles. The molecule has 48 nitrogen and oxygen atoms in total. The summed E-state index contributed by atoms with van der Waals surface area (Å²) in [7, 11) is 11.8. The minimum atomic E-state index is -1.19. The first-order valence-electron chi connectivity index (χ1n) is 39.5. The smallest absolute Gasteiger partial charge is 0.410 e. The SMILES string of the molecule is COCOC(=O)CCCC(=O)N(CNC(=O)OC)C(=O)NCNC(=O)OCOC.COCOC(=O)CCNC(=O)OCC(COC(=O)CCNC(=O)OCOC)OC(=O)CCNC(=O)OC.COCOC(=O)NCC1(C)CC(n2c(=O)n(C3CC(C)(C)CC(C)(CNC(=O)OC)C3)c(=O)n(C3CC(C)(C)CC(C)(CNC(=O)OCOC)C3)c2=O)CC(C)(C)C1. The van der Waals surface area contributed by atoms with Crippen molar-refractivity contribution in [2.75, 3.05) is 171 Å². The Labute approximate surface area is 718 Å². The molecule has 708 valence electrons. The first-order valence-corrected chi connectivity index (χ1v) is 39.5. The third-order valence-corrected chi connectivity index (χ3v) is 19.1. The Morgan fingerprint density at radius 3 is 1.04 bits per heavy atom. The van der Waals surface area contributed by atoms with Crippen LogP contribution in [0.25, 0.3) is 0 Å². The lowest BCUT2D eigenvalue weighted by Gasteiger charge is -2.49. The van der Waals surface area contributed by atoms with E-state index in [1.54, 1.807) is 0 Å². The number of aromatic nitrogens is 3. The van der Waals surface area contributed by atoms with Gasteiger partial charge in [0, 0.05) is 113 Å². The van der Waals surface area contributed by atoms with Crippen LogP contribution in [0.15, 0.2) is 14.4 Å². The van der Waals surface area contributed by atoms with Gasteiger partial charge in [0.05, 0.1) is 47.3 Å². The molecule has 11 amide bonds. The zero-order valence-electron chi connectivity index (χ0n) is 74.3. The number of hydrogen-bond donors (Lipinski definition) is 9. The zero-order chi connectivity index (χ0) is 93.4. The van der Waals surface area contributed by atoms with Crippen LogP contribution in [0.5, 0.6) is 0 Å². The number of urea groups is 1. The van der Waals surface area contributed by atoms with Crippen LogP contribution in [0, 0.1) is 32.5 Å². The fourth-order valence-electron chi connectivity index (χ4n) is 15.2. The van der Waals surface area contributed by atoms with Gasteiger partial charge in [0.15, 0.2) is 46.9 Å². The van der Waals surface area contributed by atoms with Gasteiger partial charge in [0.2, 0.25) is 5.91 Å². The van der Waals surface area contributed by atoms with Crippen molar-refractivity contribution in [1.82, 2.24) is 66.5 Å². The van der Waals surface area contributed by atoms with Gasteiger partial charge in [-0.3, -0.25) is 24.0 Å². The van der Waals surface area contributed by atoms with Gasteiger partial charge in [0.25, 0.3) is 0 Å². The second kappa shape index (κ2) is 55.4. The van der Waals surface area contributed by atoms with Crippen LogP contribution in [-0.2, 0) is 109 Å². The van der Waals surface area contributed by atoms with Crippen molar-refractivity contribution in [1.29, 1.82) is 0 Å². The molecule has 7 atom stereocenters. The number of methoxy groups -OCH3 is 9. The molecule has 1 aromatic rings. The van der Waals surface area contributed by atoms with E-state index < -0.39 is 162 Å². The van der Waals surface area contributed by atoms with Crippen molar-refractivity contribution in [2.45, 2.75) is 183 Å². The van der Waals surface area contributed by atoms with Crippen LogP contribution in [0.2, 0.25) is 0 Å². The third kappa shape index (κ3) is 42.5. The van der Waals surface area contributed by atoms with Crippen LogP contribution in [0.4, 0.5) is 43.2 Å². The topological polar surface area (TPSA) is 583 Å². The molecule has 0 radical (unpaired) electrons. The Bertz CT molecular complexity index is 3640. The van der Waals surface area contributed by atoms with Gasteiger partial charge in [-0.15, -0.1) is 0 Å². The van der Waals surface area contributed by atoms with E-state index in [2.05, 4.69) is 137 Å². The molecule has 1 aromatic heterocycles. The summed E-state index contributed by atoms with van der Waals surface area (Å²) >= 11 is 0. The molecule has 3 aliphatic rings. The quantitative estimate of drug-likeness (QED) is 0.0253. The normalized spacial score (nSPS) is 19.6. The summed E-state index contributed by atoms with van der Waals surface area (Å²) in [4.78, 5) is 211. The summed E-state index contributed by atoms with van der Waals surface area (Å²) in [6.07, 6.45) is -3.24. The molecule has 124 heavy (non-hydrogen) atoms. The second-order valence-corrected chi connectivity index (χ2v) is 32.6. The number of carbonyl (C=O) groups is 14. The van der Waals surface area contributed by atoms with E-state index in [-0.39, 0.29) is 141 Å². The van der Waals surface area contributed by atoms with E-state index in [0.717, 1.165) is 14.2 Å². The summed E-state index contributed by atoms with van der Waals surface area (Å²) in [5, 5.41) is 22.0. The average Bonchev–Trinajstić information content (AvgIpc) is 0.726. The molecule has 7 unspecified atom stereocenters. The van der Waals surface area contributed by atoms with Crippen molar-refractivity contribution < 1.29 is 152 Å². The molecule has 0 aromatic carbocycles. The molecular weight excluding hydrogens is 1650 g/mol. The largest absolute Gasteiger partial charge is 0.462 e. The number of nitrogens with one attached hydrogen (secondary N) is 9. The average molecular weight is 1780 g/mol. The molecule has 48 heteroatoms. The van der Waals surface area contributed by atoms with Crippen LogP contribution in [-0.4, -0.2) is 280 Å². The predicted octanol–water partition coefficient (Wildman–Crippen LogP) is 4.07. The maximum Gasteiger partial charge on any atom is 0.410 e. The zero-order valence-corrected chi connectivity index (χ0v) is 74.3. The van der Waals surface area contributed by atoms with Crippen molar-refractivity contribution in [2.24, 2.45) is 32.5 Å². The standard InChI is InChI=1S/C41H70N6O11.C20H33N3O14.C15H26N4O10/c1-36(2)13-27(16-39(7,19-36)22-42-30(48)56-12)45-33(51)46(28-14-37(3,4)20-40(8,17-28)23-43-31(49)57-25-54-10)35(53)47(34(45)52)29-15-38(5,6)21-41(9,18-29)24-44-32(50)58-26-55-11;1-30-12-35-16(25)5-8-22-19(28)34-11-14(37-17(26)6-9-21-18(27)32-3)10-33-15(24)4-7-23-20(29)36-13-31-2;1-25-9-28-12(21)6-4-5-11(20)19(8-18-14(23)27-3)13(22)16-7-17-15(24)29-10-26-2/h27-29H,13-26H2,1-12H3,(H,42,48)(H,43,49)(H,44,50);14H,4-13H2,1-3H3,(H,21,27)(H,22,28)(H,23,29);4-10H2,1-3H3,(H,16,22)(H,17,24)(H,18,23). The number of ether oxygens (including phenoxy) is 18. The monoisotopic (exact) mass is 1780 g/mol. The minimum absolute atomic E-state index is 0.0676. The number of hydrogen-bond acceptors (Lipinski definition) is 35. The summed E-state index contributed by atoms with van der Waals surface area (Å²) < 4.78 is 89.3. The molecule has 4 rings (SSSR count). The molecule has 9 N–H and O–H groups in total. The van der Waals surface area contributed by atoms with E-state index in [9.17, 15) is 67.1 Å². The Balaban J connectivity index is 0.000000680. The van der Waals surface area contributed by atoms with Crippen LogP contribution < -0.4 is 64.9 Å². The second-order valence-electron chi connectivity index (χ2n) is 32.6. The third-order valence-electron chi connectivity index (χ3n) is 19.1. The van der Waals surface area contributed by atoms with E-state index in [1.807, 2.05) is 20.8 Å². The number of imide groups is 1. The Morgan fingerprint density at radius 1 is 0.347 bits per heavy atom. The Kier molecular flexibility index (Phi) is 48.8.